The maximum absolute atomic E-state index is 13.2. The van der Waals surface area contributed by atoms with Crippen molar-refractivity contribution in [1.82, 2.24) is 0 Å². The zero-order chi connectivity index (χ0) is 10.7. The van der Waals surface area contributed by atoms with E-state index < -0.39 is 17.8 Å². The van der Waals surface area contributed by atoms with Gasteiger partial charge in [-0.1, -0.05) is 0 Å². The molecule has 1 atom stereocenters. The SMILES string of the molecule is CC(Oc1ccc(I)cc1F)C(N)=O. The van der Waals surface area contributed by atoms with E-state index in [9.17, 15) is 9.18 Å². The van der Waals surface area contributed by atoms with Crippen molar-refractivity contribution >= 4 is 28.5 Å². The molecule has 0 heterocycles. The van der Waals surface area contributed by atoms with Crippen LogP contribution in [-0.2, 0) is 4.79 Å². The molecule has 14 heavy (non-hydrogen) atoms. The summed E-state index contributed by atoms with van der Waals surface area (Å²) >= 11 is 1.98. The molecule has 0 fully saturated rings. The smallest absolute Gasteiger partial charge is 0.258 e. The van der Waals surface area contributed by atoms with Crippen molar-refractivity contribution in [2.24, 2.45) is 5.73 Å². The molecule has 1 rings (SSSR count). The Bertz CT molecular complexity index is 357. The van der Waals surface area contributed by atoms with Crippen molar-refractivity contribution in [3.8, 4) is 5.75 Å². The lowest BCUT2D eigenvalue weighted by molar-refractivity contribution is -0.124. The molecule has 2 N–H and O–H groups in total. The van der Waals surface area contributed by atoms with E-state index in [-0.39, 0.29) is 5.75 Å². The average Bonchev–Trinajstić information content (AvgIpc) is 2.09. The Labute approximate surface area is 94.6 Å². The molecule has 0 saturated heterocycles. The second kappa shape index (κ2) is 4.59. The van der Waals surface area contributed by atoms with E-state index >= 15 is 0 Å². The largest absolute Gasteiger partial charge is 0.478 e. The first-order valence-corrected chi connectivity index (χ1v) is 4.99. The first-order chi connectivity index (χ1) is 6.50. The zero-order valence-corrected chi connectivity index (χ0v) is 9.62. The molecule has 0 aliphatic heterocycles. The molecule has 1 unspecified atom stereocenters. The molecular formula is C9H9FINO2. The third kappa shape index (κ3) is 2.83. The lowest BCUT2D eigenvalue weighted by Crippen LogP contribution is -2.30. The number of carbonyl (C=O) groups excluding carboxylic acids is 1. The summed E-state index contributed by atoms with van der Waals surface area (Å²) in [6.07, 6.45) is -0.829. The predicted molar refractivity (Wildman–Crippen MR) is 58.4 cm³/mol. The number of ether oxygens (including phenoxy) is 1. The Morgan fingerprint density at radius 2 is 2.29 bits per heavy atom. The molecule has 0 bridgehead atoms. The summed E-state index contributed by atoms with van der Waals surface area (Å²) < 4.78 is 19.0. The molecule has 0 aliphatic rings. The first kappa shape index (κ1) is 11.2. The molecule has 0 spiro atoms. The van der Waals surface area contributed by atoms with E-state index in [4.69, 9.17) is 10.5 Å². The average molecular weight is 309 g/mol. The monoisotopic (exact) mass is 309 g/mol. The van der Waals surface area contributed by atoms with Gasteiger partial charge in [0.25, 0.3) is 5.91 Å². The van der Waals surface area contributed by atoms with E-state index in [2.05, 4.69) is 0 Å². The Hall–Kier alpha value is -0.850. The van der Waals surface area contributed by atoms with Crippen LogP contribution < -0.4 is 10.5 Å². The number of rotatable bonds is 3. The van der Waals surface area contributed by atoms with Crippen LogP contribution in [0, 0.1) is 9.39 Å². The lowest BCUT2D eigenvalue weighted by atomic mass is 10.3. The number of nitrogens with two attached hydrogens (primary N) is 1. The van der Waals surface area contributed by atoms with Crippen LogP contribution in [0.15, 0.2) is 18.2 Å². The van der Waals surface area contributed by atoms with Crippen molar-refractivity contribution < 1.29 is 13.9 Å². The minimum atomic E-state index is -0.829. The molecule has 5 heteroatoms. The van der Waals surface area contributed by atoms with Crippen LogP contribution in [0.4, 0.5) is 4.39 Å². The minimum absolute atomic E-state index is 0.0386. The molecule has 1 aromatic rings. The quantitative estimate of drug-likeness (QED) is 0.864. The van der Waals surface area contributed by atoms with Gasteiger partial charge in [0.2, 0.25) is 0 Å². The van der Waals surface area contributed by atoms with Crippen molar-refractivity contribution in [3.63, 3.8) is 0 Å². The predicted octanol–water partition coefficient (Wildman–Crippen LogP) is 1.68. The normalized spacial score (nSPS) is 12.2. The van der Waals surface area contributed by atoms with Gasteiger partial charge in [0.05, 0.1) is 0 Å². The lowest BCUT2D eigenvalue weighted by Gasteiger charge is -2.11. The Kier molecular flexibility index (Phi) is 3.68. The van der Waals surface area contributed by atoms with Gasteiger partial charge < -0.3 is 10.5 Å². The van der Waals surface area contributed by atoms with Crippen LogP contribution >= 0.6 is 22.6 Å². The molecule has 1 aromatic carbocycles. The van der Waals surface area contributed by atoms with E-state index in [0.717, 1.165) is 3.57 Å². The van der Waals surface area contributed by atoms with Crippen LogP contribution in [-0.4, -0.2) is 12.0 Å². The van der Waals surface area contributed by atoms with Crippen molar-refractivity contribution in [2.45, 2.75) is 13.0 Å². The Morgan fingerprint density at radius 3 is 2.79 bits per heavy atom. The summed E-state index contributed by atoms with van der Waals surface area (Å²) in [6.45, 7) is 1.47. The van der Waals surface area contributed by atoms with Gasteiger partial charge in [0, 0.05) is 3.57 Å². The first-order valence-electron chi connectivity index (χ1n) is 3.91. The van der Waals surface area contributed by atoms with Gasteiger partial charge in [-0.05, 0) is 47.7 Å². The number of hydrogen-bond donors (Lipinski definition) is 1. The van der Waals surface area contributed by atoms with Crippen LogP contribution in [0.2, 0.25) is 0 Å². The minimum Gasteiger partial charge on any atom is -0.478 e. The molecule has 0 radical (unpaired) electrons. The molecule has 76 valence electrons. The highest BCUT2D eigenvalue weighted by Crippen LogP contribution is 2.20. The second-order valence-corrected chi connectivity index (χ2v) is 3.98. The molecule has 3 nitrogen and oxygen atoms in total. The van der Waals surface area contributed by atoms with E-state index in [1.165, 1.54) is 19.1 Å². The number of carbonyl (C=O) groups is 1. The highest BCUT2D eigenvalue weighted by Gasteiger charge is 2.12. The number of hydrogen-bond acceptors (Lipinski definition) is 2. The van der Waals surface area contributed by atoms with Crippen molar-refractivity contribution in [1.29, 1.82) is 0 Å². The maximum Gasteiger partial charge on any atom is 0.258 e. The third-order valence-electron chi connectivity index (χ3n) is 1.60. The molecule has 0 aromatic heterocycles. The fourth-order valence-corrected chi connectivity index (χ4v) is 1.27. The van der Waals surface area contributed by atoms with Gasteiger partial charge in [-0.2, -0.15) is 0 Å². The maximum atomic E-state index is 13.2. The Morgan fingerprint density at radius 1 is 1.64 bits per heavy atom. The van der Waals surface area contributed by atoms with E-state index in [0.29, 0.717) is 0 Å². The van der Waals surface area contributed by atoms with Gasteiger partial charge in [-0.3, -0.25) is 4.79 Å². The molecule has 0 aliphatic carbocycles. The van der Waals surface area contributed by atoms with Gasteiger partial charge >= 0.3 is 0 Å². The van der Waals surface area contributed by atoms with Gasteiger partial charge in [0.15, 0.2) is 17.7 Å². The summed E-state index contributed by atoms with van der Waals surface area (Å²) in [7, 11) is 0. The fourth-order valence-electron chi connectivity index (χ4n) is 0.819. The van der Waals surface area contributed by atoms with Gasteiger partial charge in [-0.15, -0.1) is 0 Å². The fraction of sp³-hybridized carbons (Fsp3) is 0.222. The molecular weight excluding hydrogens is 300 g/mol. The number of amides is 1. The van der Waals surface area contributed by atoms with Gasteiger partial charge in [-0.25, -0.2) is 4.39 Å². The highest BCUT2D eigenvalue weighted by atomic mass is 127. The standard InChI is InChI=1S/C9H9FINO2/c1-5(9(12)13)14-8-3-2-6(11)4-7(8)10/h2-5H,1H3,(H2,12,13). The second-order valence-electron chi connectivity index (χ2n) is 2.74. The van der Waals surface area contributed by atoms with Crippen molar-refractivity contribution in [3.05, 3.63) is 27.6 Å². The topological polar surface area (TPSA) is 52.3 Å². The third-order valence-corrected chi connectivity index (χ3v) is 2.27. The van der Waals surface area contributed by atoms with E-state index in [1.807, 2.05) is 22.6 Å². The summed E-state index contributed by atoms with van der Waals surface area (Å²) in [5, 5.41) is 0. The summed E-state index contributed by atoms with van der Waals surface area (Å²) in [5.74, 6) is -1.08. The van der Waals surface area contributed by atoms with Gasteiger partial charge in [0.1, 0.15) is 0 Å². The number of primary amides is 1. The molecule has 0 saturated carbocycles. The van der Waals surface area contributed by atoms with Crippen LogP contribution in [0.3, 0.4) is 0 Å². The number of halogens is 2. The Balaban J connectivity index is 2.82. The zero-order valence-electron chi connectivity index (χ0n) is 7.46. The highest BCUT2D eigenvalue weighted by molar-refractivity contribution is 14.1. The van der Waals surface area contributed by atoms with Crippen molar-refractivity contribution in [2.75, 3.05) is 0 Å². The summed E-state index contributed by atoms with van der Waals surface area (Å²) in [5.41, 5.74) is 4.98. The van der Waals surface area contributed by atoms with Crippen LogP contribution in [0.1, 0.15) is 6.92 Å². The van der Waals surface area contributed by atoms with E-state index in [1.54, 1.807) is 6.07 Å². The van der Waals surface area contributed by atoms with Crippen LogP contribution in [0.5, 0.6) is 5.75 Å². The summed E-state index contributed by atoms with van der Waals surface area (Å²) in [6, 6.07) is 4.48. The molecule has 1 amide bonds. The summed E-state index contributed by atoms with van der Waals surface area (Å²) in [4.78, 5) is 10.7. The van der Waals surface area contributed by atoms with Crippen LogP contribution in [0.25, 0.3) is 0 Å². The number of benzene rings is 1.